The van der Waals surface area contributed by atoms with E-state index in [1.807, 2.05) is 95.9 Å². The number of likely N-dealkylation sites (tertiary alicyclic amines) is 1. The number of rotatable bonds is 12. The topological polar surface area (TPSA) is 83.9 Å². The Balaban J connectivity index is 1.17. The lowest BCUT2D eigenvalue weighted by molar-refractivity contribution is -0.141. The molecule has 1 N–H and O–H groups in total. The molecule has 1 saturated heterocycles. The molecule has 6 heteroatoms. The third-order valence-corrected chi connectivity index (χ3v) is 8.08. The number of carboxylic acid groups (broad SMARTS) is 1. The Morgan fingerprint density at radius 1 is 0.744 bits per heavy atom. The summed E-state index contributed by atoms with van der Waals surface area (Å²) < 4.78 is 5.87. The van der Waals surface area contributed by atoms with Gasteiger partial charge in [0.2, 0.25) is 0 Å². The van der Waals surface area contributed by atoms with Crippen molar-refractivity contribution in [1.82, 2.24) is 4.90 Å². The number of carboxylic acids is 1. The number of aryl methyl sites for hydroxylation is 1. The number of amides is 1. The molecule has 5 rings (SSSR count). The van der Waals surface area contributed by atoms with Gasteiger partial charge in [-0.3, -0.25) is 14.4 Å². The summed E-state index contributed by atoms with van der Waals surface area (Å²) in [6.45, 7) is 2.01. The lowest BCUT2D eigenvalue weighted by atomic mass is 9.90. The fourth-order valence-corrected chi connectivity index (χ4v) is 5.53. The summed E-state index contributed by atoms with van der Waals surface area (Å²) in [5.74, 6) is -1.26. The quantitative estimate of drug-likeness (QED) is 0.177. The molecule has 6 nitrogen and oxygen atoms in total. The number of carbonyl (C=O) groups excluding carboxylic acids is 2. The SMILES string of the molecule is O=C(CC(CCc1ccccc1C(=O)N1CCCCC1)C(=O)O)c1ccc(-c2ccc(OCc3ccccc3)cc2)cc1. The molecule has 0 spiro atoms. The molecule has 0 aromatic heterocycles. The van der Waals surface area contributed by atoms with Gasteiger partial charge in [0, 0.05) is 30.6 Å². The zero-order chi connectivity index (χ0) is 30.0. The lowest BCUT2D eigenvalue weighted by Gasteiger charge is -2.27. The van der Waals surface area contributed by atoms with Gasteiger partial charge in [0.1, 0.15) is 12.4 Å². The number of hydrogen-bond donors (Lipinski definition) is 1. The van der Waals surface area contributed by atoms with Crippen LogP contribution in [0.15, 0.2) is 103 Å². The summed E-state index contributed by atoms with van der Waals surface area (Å²) in [5, 5.41) is 9.91. The second-order valence-corrected chi connectivity index (χ2v) is 11.1. The van der Waals surface area contributed by atoms with Gasteiger partial charge in [-0.05, 0) is 72.6 Å². The third-order valence-electron chi connectivity index (χ3n) is 8.08. The second-order valence-electron chi connectivity index (χ2n) is 11.1. The second kappa shape index (κ2) is 14.5. The van der Waals surface area contributed by atoms with E-state index in [2.05, 4.69) is 0 Å². The van der Waals surface area contributed by atoms with Crippen molar-refractivity contribution in [3.05, 3.63) is 125 Å². The maximum absolute atomic E-state index is 13.1. The van der Waals surface area contributed by atoms with E-state index in [1.54, 1.807) is 12.1 Å². The van der Waals surface area contributed by atoms with Gasteiger partial charge < -0.3 is 14.7 Å². The minimum Gasteiger partial charge on any atom is -0.489 e. The van der Waals surface area contributed by atoms with Gasteiger partial charge in [0.25, 0.3) is 5.91 Å². The van der Waals surface area contributed by atoms with E-state index in [0.717, 1.165) is 60.4 Å². The van der Waals surface area contributed by atoms with Crippen molar-refractivity contribution in [1.29, 1.82) is 0 Å². The van der Waals surface area contributed by atoms with Crippen LogP contribution in [0.5, 0.6) is 5.75 Å². The van der Waals surface area contributed by atoms with Crippen LogP contribution >= 0.6 is 0 Å². The Hall–Kier alpha value is -4.71. The predicted octanol–water partition coefficient (Wildman–Crippen LogP) is 7.47. The fourth-order valence-electron chi connectivity index (χ4n) is 5.53. The number of carbonyl (C=O) groups is 3. The van der Waals surface area contributed by atoms with Crippen molar-refractivity contribution >= 4 is 17.7 Å². The normalized spacial score (nSPS) is 13.7. The van der Waals surface area contributed by atoms with Crippen molar-refractivity contribution in [2.45, 2.75) is 45.1 Å². The van der Waals surface area contributed by atoms with E-state index in [4.69, 9.17) is 4.74 Å². The zero-order valence-electron chi connectivity index (χ0n) is 24.3. The van der Waals surface area contributed by atoms with Crippen molar-refractivity contribution in [2.75, 3.05) is 13.1 Å². The molecule has 0 bridgehead atoms. The standard InChI is InChI=1S/C37H37NO5/c39-35(25-32(37(41)42)18-15-30-11-5-6-12-34(30)36(40)38-23-7-2-8-24-38)31-16-13-28(14-17-31)29-19-21-33(22-20-29)43-26-27-9-3-1-4-10-27/h1,3-6,9-14,16-17,19-22,32H,2,7-8,15,18,23-26H2,(H,41,42). The predicted molar refractivity (Wildman–Crippen MR) is 167 cm³/mol. The summed E-state index contributed by atoms with van der Waals surface area (Å²) >= 11 is 0. The minimum absolute atomic E-state index is 0.00712. The molecule has 1 amide bonds. The monoisotopic (exact) mass is 575 g/mol. The maximum Gasteiger partial charge on any atom is 0.306 e. The van der Waals surface area contributed by atoms with Crippen LogP contribution in [0.2, 0.25) is 0 Å². The number of benzene rings is 4. The first-order valence-electron chi connectivity index (χ1n) is 15.0. The van der Waals surface area contributed by atoms with E-state index in [-0.39, 0.29) is 24.5 Å². The highest BCUT2D eigenvalue weighted by atomic mass is 16.5. The zero-order valence-corrected chi connectivity index (χ0v) is 24.3. The van der Waals surface area contributed by atoms with Gasteiger partial charge in [-0.25, -0.2) is 0 Å². The maximum atomic E-state index is 13.1. The molecule has 1 unspecified atom stereocenters. The number of aliphatic carboxylic acids is 1. The summed E-state index contributed by atoms with van der Waals surface area (Å²) in [7, 11) is 0. The van der Waals surface area contributed by atoms with E-state index in [0.29, 0.717) is 24.2 Å². The average Bonchev–Trinajstić information content (AvgIpc) is 3.06. The molecule has 0 radical (unpaired) electrons. The van der Waals surface area contributed by atoms with E-state index < -0.39 is 11.9 Å². The Kier molecular flexibility index (Phi) is 10.0. The molecule has 1 fully saturated rings. The summed E-state index contributed by atoms with van der Waals surface area (Å²) in [4.78, 5) is 40.2. The van der Waals surface area contributed by atoms with Gasteiger partial charge in [-0.15, -0.1) is 0 Å². The molecule has 1 aliphatic heterocycles. The average molecular weight is 576 g/mol. The minimum atomic E-state index is -1.00. The van der Waals surface area contributed by atoms with Crippen LogP contribution in [0.1, 0.15) is 63.9 Å². The van der Waals surface area contributed by atoms with E-state index in [1.165, 1.54) is 0 Å². The van der Waals surface area contributed by atoms with Crippen molar-refractivity contribution < 1.29 is 24.2 Å². The number of Topliss-reactive ketones (excluding diaryl/α,β-unsaturated/α-hetero) is 1. The number of piperidine rings is 1. The first-order valence-corrected chi connectivity index (χ1v) is 15.0. The molecule has 4 aromatic rings. The van der Waals surface area contributed by atoms with Gasteiger partial charge >= 0.3 is 5.97 Å². The van der Waals surface area contributed by atoms with Gasteiger partial charge in [0.15, 0.2) is 5.78 Å². The van der Waals surface area contributed by atoms with Crippen LogP contribution in [0.3, 0.4) is 0 Å². The third kappa shape index (κ3) is 7.98. The van der Waals surface area contributed by atoms with Crippen molar-refractivity contribution in [3.8, 4) is 16.9 Å². The molecular weight excluding hydrogens is 538 g/mol. The highest BCUT2D eigenvalue weighted by molar-refractivity contribution is 5.98. The molecule has 0 saturated carbocycles. The van der Waals surface area contributed by atoms with Crippen LogP contribution in [0.4, 0.5) is 0 Å². The summed E-state index contributed by atoms with van der Waals surface area (Å²) in [5.41, 5.74) is 5.00. The van der Waals surface area contributed by atoms with Crippen LogP contribution < -0.4 is 4.74 Å². The Labute approximate surface area is 252 Å². The summed E-state index contributed by atoms with van der Waals surface area (Å²) in [6, 6.07) is 32.5. The van der Waals surface area contributed by atoms with Crippen LogP contribution in [0.25, 0.3) is 11.1 Å². The van der Waals surface area contributed by atoms with Crippen LogP contribution in [0, 0.1) is 5.92 Å². The van der Waals surface area contributed by atoms with Gasteiger partial charge in [0.05, 0.1) is 5.92 Å². The molecule has 1 aliphatic rings. The van der Waals surface area contributed by atoms with E-state index in [9.17, 15) is 19.5 Å². The van der Waals surface area contributed by atoms with Crippen molar-refractivity contribution in [2.24, 2.45) is 5.92 Å². The van der Waals surface area contributed by atoms with Crippen LogP contribution in [-0.2, 0) is 17.8 Å². The Bertz CT molecular complexity index is 1520. The fraction of sp³-hybridized carbons (Fsp3) is 0.270. The Morgan fingerprint density at radius 2 is 1.37 bits per heavy atom. The molecule has 220 valence electrons. The number of ketones is 1. The first kappa shape index (κ1) is 29.8. The first-order chi connectivity index (χ1) is 21.0. The smallest absolute Gasteiger partial charge is 0.306 e. The largest absolute Gasteiger partial charge is 0.489 e. The van der Waals surface area contributed by atoms with E-state index >= 15 is 0 Å². The number of nitrogens with zero attached hydrogens (tertiary/aromatic N) is 1. The summed E-state index contributed by atoms with van der Waals surface area (Å²) in [6.07, 6.45) is 3.76. The number of hydrogen-bond acceptors (Lipinski definition) is 4. The lowest BCUT2D eigenvalue weighted by Crippen LogP contribution is -2.36. The van der Waals surface area contributed by atoms with Gasteiger partial charge in [-0.2, -0.15) is 0 Å². The molecule has 1 atom stereocenters. The highest BCUT2D eigenvalue weighted by Gasteiger charge is 2.24. The molecule has 0 aliphatic carbocycles. The van der Waals surface area contributed by atoms with Gasteiger partial charge in [-0.1, -0.05) is 84.9 Å². The molecule has 1 heterocycles. The molecule has 43 heavy (non-hydrogen) atoms. The Morgan fingerprint density at radius 3 is 2.05 bits per heavy atom. The molecular formula is C37H37NO5. The number of ether oxygens (including phenoxy) is 1. The molecule has 4 aromatic carbocycles. The van der Waals surface area contributed by atoms with Crippen molar-refractivity contribution in [3.63, 3.8) is 0 Å². The highest BCUT2D eigenvalue weighted by Crippen LogP contribution is 2.25. The van der Waals surface area contributed by atoms with Crippen LogP contribution in [-0.4, -0.2) is 40.8 Å².